The molecule has 1 aliphatic heterocycles. The van der Waals surface area contributed by atoms with Gasteiger partial charge in [-0.25, -0.2) is 4.99 Å². The number of aryl methyl sites for hydroxylation is 1. The number of ether oxygens (including phenoxy) is 1. The Morgan fingerprint density at radius 2 is 1.35 bits per heavy atom. The van der Waals surface area contributed by atoms with E-state index in [1.165, 1.54) is 16.7 Å². The molecule has 0 spiro atoms. The molecule has 0 bridgehead atoms. The molecule has 20 heavy (non-hydrogen) atoms. The Balaban J connectivity index is 1.87. The van der Waals surface area contributed by atoms with Crippen LogP contribution in [0, 0.1) is 6.92 Å². The summed E-state index contributed by atoms with van der Waals surface area (Å²) in [6, 6.07) is 17.0. The fourth-order valence-corrected chi connectivity index (χ4v) is 2.28. The van der Waals surface area contributed by atoms with Crippen LogP contribution in [-0.4, -0.2) is 18.0 Å². The van der Waals surface area contributed by atoms with Crippen molar-refractivity contribution < 1.29 is 4.74 Å². The molecule has 0 fully saturated rings. The summed E-state index contributed by atoms with van der Waals surface area (Å²) in [6.45, 7) is 6.92. The van der Waals surface area contributed by atoms with Gasteiger partial charge in [0.05, 0.1) is 5.54 Å². The van der Waals surface area contributed by atoms with E-state index in [1.807, 2.05) is 0 Å². The van der Waals surface area contributed by atoms with Crippen LogP contribution in [0.3, 0.4) is 0 Å². The third-order valence-corrected chi connectivity index (χ3v) is 3.48. The zero-order valence-electron chi connectivity index (χ0n) is 12.2. The molecule has 2 aromatic rings. The summed E-state index contributed by atoms with van der Waals surface area (Å²) < 4.78 is 5.67. The van der Waals surface area contributed by atoms with Gasteiger partial charge in [-0.2, -0.15) is 0 Å². The SMILES string of the molecule is Cc1ccc(-c2ccc(C3=NC(C)(C)CO3)cc2)cc1. The van der Waals surface area contributed by atoms with Crippen molar-refractivity contribution in [3.63, 3.8) is 0 Å². The standard InChI is InChI=1S/C18H19NO/c1-13-4-6-14(7-5-13)15-8-10-16(11-9-15)17-19-18(2,3)12-20-17/h4-11H,12H2,1-3H3. The minimum Gasteiger partial charge on any atom is -0.475 e. The quantitative estimate of drug-likeness (QED) is 0.796. The summed E-state index contributed by atoms with van der Waals surface area (Å²) in [4.78, 5) is 4.60. The second kappa shape index (κ2) is 4.78. The Hall–Kier alpha value is -2.09. The normalized spacial score (nSPS) is 16.6. The first-order valence-corrected chi connectivity index (χ1v) is 6.94. The first-order chi connectivity index (χ1) is 9.53. The highest BCUT2D eigenvalue weighted by Crippen LogP contribution is 2.24. The van der Waals surface area contributed by atoms with Crippen LogP contribution < -0.4 is 0 Å². The van der Waals surface area contributed by atoms with E-state index in [9.17, 15) is 0 Å². The van der Waals surface area contributed by atoms with Crippen molar-refractivity contribution in [2.45, 2.75) is 26.3 Å². The van der Waals surface area contributed by atoms with E-state index in [-0.39, 0.29) is 5.54 Å². The van der Waals surface area contributed by atoms with Crippen molar-refractivity contribution in [3.05, 3.63) is 59.7 Å². The predicted octanol–water partition coefficient (Wildman–Crippen LogP) is 4.22. The summed E-state index contributed by atoms with van der Waals surface area (Å²) in [7, 11) is 0. The summed E-state index contributed by atoms with van der Waals surface area (Å²) in [6.07, 6.45) is 0. The van der Waals surface area contributed by atoms with Gasteiger partial charge in [-0.3, -0.25) is 0 Å². The molecule has 0 aliphatic carbocycles. The molecule has 2 nitrogen and oxygen atoms in total. The van der Waals surface area contributed by atoms with Gasteiger partial charge in [-0.1, -0.05) is 42.0 Å². The third kappa shape index (κ3) is 2.60. The molecule has 0 unspecified atom stereocenters. The van der Waals surface area contributed by atoms with Gasteiger partial charge in [0.2, 0.25) is 5.90 Å². The Morgan fingerprint density at radius 3 is 1.85 bits per heavy atom. The number of aliphatic imine (C=N–C) groups is 1. The van der Waals surface area contributed by atoms with Gasteiger partial charge in [0.15, 0.2) is 0 Å². The number of hydrogen-bond donors (Lipinski definition) is 0. The monoisotopic (exact) mass is 265 g/mol. The molecule has 1 aliphatic rings. The first-order valence-electron chi connectivity index (χ1n) is 6.94. The van der Waals surface area contributed by atoms with Crippen molar-refractivity contribution in [1.82, 2.24) is 0 Å². The molecule has 0 saturated heterocycles. The molecular weight excluding hydrogens is 246 g/mol. The lowest BCUT2D eigenvalue weighted by Crippen LogP contribution is -2.17. The average molecular weight is 265 g/mol. The van der Waals surface area contributed by atoms with Crippen LogP contribution in [-0.2, 0) is 4.74 Å². The van der Waals surface area contributed by atoms with E-state index >= 15 is 0 Å². The number of hydrogen-bond acceptors (Lipinski definition) is 2. The second-order valence-corrected chi connectivity index (χ2v) is 5.96. The Labute approximate surface area is 120 Å². The maximum Gasteiger partial charge on any atom is 0.216 e. The van der Waals surface area contributed by atoms with Crippen molar-refractivity contribution >= 4 is 5.90 Å². The van der Waals surface area contributed by atoms with Crippen LogP contribution >= 0.6 is 0 Å². The molecule has 2 aromatic carbocycles. The summed E-state index contributed by atoms with van der Waals surface area (Å²) >= 11 is 0. The highest BCUT2D eigenvalue weighted by molar-refractivity contribution is 5.95. The number of rotatable bonds is 2. The molecule has 0 N–H and O–H groups in total. The topological polar surface area (TPSA) is 21.6 Å². The lowest BCUT2D eigenvalue weighted by molar-refractivity contribution is 0.279. The molecule has 0 radical (unpaired) electrons. The fraction of sp³-hybridized carbons (Fsp3) is 0.278. The molecule has 1 heterocycles. The van der Waals surface area contributed by atoms with Crippen LogP contribution in [0.2, 0.25) is 0 Å². The summed E-state index contributed by atoms with van der Waals surface area (Å²) in [5.41, 5.74) is 4.67. The molecule has 0 saturated carbocycles. The summed E-state index contributed by atoms with van der Waals surface area (Å²) in [5, 5.41) is 0. The zero-order chi connectivity index (χ0) is 14.2. The van der Waals surface area contributed by atoms with Crippen LogP contribution in [0.15, 0.2) is 53.5 Å². The van der Waals surface area contributed by atoms with E-state index in [2.05, 4.69) is 74.3 Å². The van der Waals surface area contributed by atoms with Gasteiger partial charge in [0, 0.05) is 5.56 Å². The Morgan fingerprint density at radius 1 is 0.850 bits per heavy atom. The zero-order valence-corrected chi connectivity index (χ0v) is 12.2. The maximum absolute atomic E-state index is 5.67. The fourth-order valence-electron chi connectivity index (χ4n) is 2.28. The molecule has 0 amide bonds. The Kier molecular flexibility index (Phi) is 3.09. The van der Waals surface area contributed by atoms with Crippen molar-refractivity contribution in [2.75, 3.05) is 6.61 Å². The van der Waals surface area contributed by atoms with E-state index in [4.69, 9.17) is 4.74 Å². The largest absolute Gasteiger partial charge is 0.475 e. The first kappa shape index (κ1) is 12.9. The average Bonchev–Trinajstić information content (AvgIpc) is 2.80. The highest BCUT2D eigenvalue weighted by Gasteiger charge is 2.26. The minimum absolute atomic E-state index is 0.106. The van der Waals surface area contributed by atoms with E-state index in [0.717, 1.165) is 11.5 Å². The number of benzene rings is 2. The van der Waals surface area contributed by atoms with Gasteiger partial charge in [-0.05, 0) is 44.0 Å². The van der Waals surface area contributed by atoms with Gasteiger partial charge in [0.1, 0.15) is 6.61 Å². The van der Waals surface area contributed by atoms with Gasteiger partial charge < -0.3 is 4.74 Å². The minimum atomic E-state index is -0.106. The van der Waals surface area contributed by atoms with Crippen LogP contribution in [0.4, 0.5) is 0 Å². The van der Waals surface area contributed by atoms with Crippen molar-refractivity contribution in [3.8, 4) is 11.1 Å². The van der Waals surface area contributed by atoms with E-state index in [1.54, 1.807) is 0 Å². The molecular formula is C18H19NO. The molecule has 0 aromatic heterocycles. The van der Waals surface area contributed by atoms with E-state index < -0.39 is 0 Å². The van der Waals surface area contributed by atoms with Crippen LogP contribution in [0.1, 0.15) is 25.0 Å². The predicted molar refractivity (Wildman–Crippen MR) is 83.2 cm³/mol. The second-order valence-electron chi connectivity index (χ2n) is 5.96. The molecule has 0 atom stereocenters. The van der Waals surface area contributed by atoms with Gasteiger partial charge >= 0.3 is 0 Å². The molecule has 2 heteroatoms. The lowest BCUT2D eigenvalue weighted by atomic mass is 10.0. The molecule has 3 rings (SSSR count). The van der Waals surface area contributed by atoms with Crippen LogP contribution in [0.5, 0.6) is 0 Å². The van der Waals surface area contributed by atoms with Gasteiger partial charge in [-0.15, -0.1) is 0 Å². The maximum atomic E-state index is 5.67. The smallest absolute Gasteiger partial charge is 0.216 e. The third-order valence-electron chi connectivity index (χ3n) is 3.48. The highest BCUT2D eigenvalue weighted by atomic mass is 16.5. The Bertz CT molecular complexity index is 636. The number of nitrogens with zero attached hydrogens (tertiary/aromatic N) is 1. The van der Waals surface area contributed by atoms with E-state index in [0.29, 0.717) is 6.61 Å². The lowest BCUT2D eigenvalue weighted by Gasteiger charge is -2.07. The van der Waals surface area contributed by atoms with Crippen LogP contribution in [0.25, 0.3) is 11.1 Å². The summed E-state index contributed by atoms with van der Waals surface area (Å²) in [5.74, 6) is 0.755. The van der Waals surface area contributed by atoms with Crippen molar-refractivity contribution in [1.29, 1.82) is 0 Å². The van der Waals surface area contributed by atoms with Gasteiger partial charge in [0.25, 0.3) is 0 Å². The molecule has 102 valence electrons. The van der Waals surface area contributed by atoms with Crippen molar-refractivity contribution in [2.24, 2.45) is 4.99 Å².